The molecule has 0 aliphatic heterocycles. The molecule has 3 aromatic rings. The van der Waals surface area contributed by atoms with Crippen LogP contribution in [0.1, 0.15) is 18.9 Å². The van der Waals surface area contributed by atoms with Crippen LogP contribution in [0.4, 0.5) is 4.39 Å². The fraction of sp³-hybridized carbons (Fsp3) is 0.286. The predicted molar refractivity (Wildman–Crippen MR) is 104 cm³/mol. The molecular weight excluding hydrogens is 359 g/mol. The molecule has 0 saturated heterocycles. The minimum atomic E-state index is -0.273. The van der Waals surface area contributed by atoms with E-state index in [2.05, 4.69) is 15.0 Å². The topological polar surface area (TPSA) is 60.2 Å². The first-order valence-electron chi connectivity index (χ1n) is 9.20. The number of halogens is 1. The highest BCUT2D eigenvalue weighted by Crippen LogP contribution is 2.17. The number of hydrogen-bond acceptors (Lipinski definition) is 5. The summed E-state index contributed by atoms with van der Waals surface area (Å²) in [5.74, 6) is -0.490. The van der Waals surface area contributed by atoms with Gasteiger partial charge in [-0.05, 0) is 48.9 Å². The molecule has 0 radical (unpaired) electrons. The number of ether oxygens (including phenoxy) is 1. The molecule has 2 heterocycles. The van der Waals surface area contributed by atoms with E-state index in [-0.39, 0.29) is 11.8 Å². The van der Waals surface area contributed by atoms with Crippen LogP contribution in [0, 0.1) is 5.82 Å². The lowest BCUT2D eigenvalue weighted by molar-refractivity contribution is -0.143. The van der Waals surface area contributed by atoms with E-state index in [0.29, 0.717) is 32.8 Å². The number of benzene rings is 1. The molecule has 0 spiro atoms. The fourth-order valence-electron chi connectivity index (χ4n) is 2.85. The molecule has 0 unspecified atom stereocenters. The zero-order chi connectivity index (χ0) is 19.8. The van der Waals surface area contributed by atoms with Gasteiger partial charge in [0.15, 0.2) is 0 Å². The molecule has 3 rings (SSSR count). The molecule has 146 valence electrons. The normalized spacial score (nSPS) is 11.0. The first-order valence-corrected chi connectivity index (χ1v) is 9.20. The van der Waals surface area contributed by atoms with Gasteiger partial charge in [0, 0.05) is 37.2 Å². The summed E-state index contributed by atoms with van der Waals surface area (Å²) < 4.78 is 20.0. The molecule has 6 nitrogen and oxygen atoms in total. The molecule has 0 bridgehead atoms. The van der Waals surface area contributed by atoms with Gasteiger partial charge >= 0.3 is 5.97 Å². The maximum atomic E-state index is 13.1. The van der Waals surface area contributed by atoms with Crippen molar-refractivity contribution in [3.8, 4) is 11.3 Å². The van der Waals surface area contributed by atoms with Crippen molar-refractivity contribution in [2.24, 2.45) is 0 Å². The van der Waals surface area contributed by atoms with E-state index in [1.54, 1.807) is 29.9 Å². The highest BCUT2D eigenvalue weighted by atomic mass is 19.1. The molecule has 1 aromatic carbocycles. The van der Waals surface area contributed by atoms with E-state index >= 15 is 0 Å². The highest BCUT2D eigenvalue weighted by Gasteiger charge is 2.12. The van der Waals surface area contributed by atoms with Crippen molar-refractivity contribution in [1.29, 1.82) is 0 Å². The van der Waals surface area contributed by atoms with Crippen molar-refractivity contribution >= 4 is 5.97 Å². The number of aromatic nitrogens is 3. The van der Waals surface area contributed by atoms with Crippen LogP contribution in [0.2, 0.25) is 0 Å². The Bertz CT molecular complexity index is 881. The molecule has 2 aromatic heterocycles. The first-order chi connectivity index (χ1) is 13.6. The van der Waals surface area contributed by atoms with Gasteiger partial charge in [0.1, 0.15) is 5.82 Å². The smallest absolute Gasteiger partial charge is 0.307 e. The largest absolute Gasteiger partial charge is 0.466 e. The van der Waals surface area contributed by atoms with Crippen molar-refractivity contribution in [2.75, 3.05) is 13.2 Å². The lowest BCUT2D eigenvalue weighted by atomic mass is 10.1. The quantitative estimate of drug-likeness (QED) is 0.530. The SMILES string of the molecule is CCOC(=O)CCN(Cc1cccnc1)Cn1ccc(-c2ccc(F)cc2)n1. The van der Waals surface area contributed by atoms with Gasteiger partial charge in [0.25, 0.3) is 0 Å². The van der Waals surface area contributed by atoms with Crippen molar-refractivity contribution in [2.45, 2.75) is 26.6 Å². The number of carbonyl (C=O) groups is 1. The first kappa shape index (κ1) is 19.7. The third kappa shape index (κ3) is 5.72. The van der Waals surface area contributed by atoms with Crippen LogP contribution >= 0.6 is 0 Å². The average molecular weight is 382 g/mol. The molecule has 7 heteroatoms. The number of esters is 1. The number of nitrogens with zero attached hydrogens (tertiary/aromatic N) is 4. The Hall–Kier alpha value is -3.06. The van der Waals surface area contributed by atoms with E-state index in [1.807, 2.05) is 30.6 Å². The minimum absolute atomic E-state index is 0.217. The third-order valence-corrected chi connectivity index (χ3v) is 4.19. The second-order valence-corrected chi connectivity index (χ2v) is 6.36. The lowest BCUT2D eigenvalue weighted by Gasteiger charge is -2.22. The Morgan fingerprint density at radius 1 is 1.21 bits per heavy atom. The molecular formula is C21H23FN4O2. The van der Waals surface area contributed by atoms with Gasteiger partial charge in [-0.3, -0.25) is 19.4 Å². The van der Waals surface area contributed by atoms with E-state index in [0.717, 1.165) is 16.8 Å². The molecule has 0 saturated carbocycles. The van der Waals surface area contributed by atoms with E-state index in [4.69, 9.17) is 4.74 Å². The molecule has 28 heavy (non-hydrogen) atoms. The Morgan fingerprint density at radius 3 is 2.75 bits per heavy atom. The fourth-order valence-corrected chi connectivity index (χ4v) is 2.85. The molecule has 0 fully saturated rings. The summed E-state index contributed by atoms with van der Waals surface area (Å²) in [7, 11) is 0. The predicted octanol–water partition coefficient (Wildman–Crippen LogP) is 3.50. The summed E-state index contributed by atoms with van der Waals surface area (Å²) in [4.78, 5) is 18.0. The summed E-state index contributed by atoms with van der Waals surface area (Å²) in [5, 5.41) is 4.58. The number of pyridine rings is 1. The van der Waals surface area contributed by atoms with Crippen LogP contribution in [-0.4, -0.2) is 38.8 Å². The van der Waals surface area contributed by atoms with Crippen LogP contribution in [0.25, 0.3) is 11.3 Å². The molecule has 0 atom stereocenters. The number of carbonyl (C=O) groups excluding carboxylic acids is 1. The standard InChI is InChI=1S/C21H23FN4O2/c1-2-28-21(27)10-12-25(15-17-4-3-11-23-14-17)16-26-13-9-20(24-26)18-5-7-19(22)8-6-18/h3-9,11,13-14H,2,10,12,15-16H2,1H3. The lowest BCUT2D eigenvalue weighted by Crippen LogP contribution is -2.29. The number of hydrogen-bond donors (Lipinski definition) is 0. The van der Waals surface area contributed by atoms with Crippen molar-refractivity contribution in [3.05, 3.63) is 72.4 Å². The van der Waals surface area contributed by atoms with Gasteiger partial charge in [-0.15, -0.1) is 0 Å². The van der Waals surface area contributed by atoms with E-state index < -0.39 is 0 Å². The van der Waals surface area contributed by atoms with Crippen LogP contribution < -0.4 is 0 Å². The second-order valence-electron chi connectivity index (χ2n) is 6.36. The zero-order valence-corrected chi connectivity index (χ0v) is 15.8. The summed E-state index contributed by atoms with van der Waals surface area (Å²) in [6.07, 6.45) is 5.72. The van der Waals surface area contributed by atoms with Gasteiger partial charge < -0.3 is 4.74 Å². The summed E-state index contributed by atoms with van der Waals surface area (Å²) in [6.45, 7) is 3.86. The van der Waals surface area contributed by atoms with E-state index in [9.17, 15) is 9.18 Å². The Labute approximate surface area is 163 Å². The Balaban J connectivity index is 1.69. The monoisotopic (exact) mass is 382 g/mol. The summed E-state index contributed by atoms with van der Waals surface area (Å²) in [6, 6.07) is 12.0. The maximum absolute atomic E-state index is 13.1. The van der Waals surface area contributed by atoms with Gasteiger partial charge in [-0.25, -0.2) is 4.39 Å². The van der Waals surface area contributed by atoms with Gasteiger partial charge in [-0.1, -0.05) is 6.07 Å². The van der Waals surface area contributed by atoms with Crippen LogP contribution in [0.15, 0.2) is 61.1 Å². The van der Waals surface area contributed by atoms with E-state index in [1.165, 1.54) is 12.1 Å². The molecule has 0 aliphatic carbocycles. The second kappa shape index (κ2) is 9.75. The Morgan fingerprint density at radius 2 is 2.04 bits per heavy atom. The van der Waals surface area contributed by atoms with Crippen LogP contribution in [0.5, 0.6) is 0 Å². The molecule has 0 aliphatic rings. The van der Waals surface area contributed by atoms with Gasteiger partial charge in [-0.2, -0.15) is 5.10 Å². The summed E-state index contributed by atoms with van der Waals surface area (Å²) in [5.41, 5.74) is 2.68. The van der Waals surface area contributed by atoms with Crippen molar-refractivity contribution < 1.29 is 13.9 Å². The van der Waals surface area contributed by atoms with Crippen molar-refractivity contribution in [1.82, 2.24) is 19.7 Å². The van der Waals surface area contributed by atoms with Gasteiger partial charge in [0.2, 0.25) is 0 Å². The molecule has 0 amide bonds. The Kier molecular flexibility index (Phi) is 6.86. The third-order valence-electron chi connectivity index (χ3n) is 4.19. The highest BCUT2D eigenvalue weighted by molar-refractivity contribution is 5.69. The van der Waals surface area contributed by atoms with Crippen LogP contribution in [0.3, 0.4) is 0 Å². The molecule has 0 N–H and O–H groups in total. The van der Waals surface area contributed by atoms with Gasteiger partial charge in [0.05, 0.1) is 25.4 Å². The number of rotatable bonds is 9. The minimum Gasteiger partial charge on any atom is -0.466 e. The summed E-state index contributed by atoms with van der Waals surface area (Å²) >= 11 is 0. The van der Waals surface area contributed by atoms with Crippen LogP contribution in [-0.2, 0) is 22.7 Å². The zero-order valence-electron chi connectivity index (χ0n) is 15.8. The maximum Gasteiger partial charge on any atom is 0.307 e. The van der Waals surface area contributed by atoms with Crippen molar-refractivity contribution in [3.63, 3.8) is 0 Å². The average Bonchev–Trinajstić information content (AvgIpc) is 3.16.